The molecule has 8 nitrogen and oxygen atoms in total. The minimum absolute atomic E-state index is 0.204. The van der Waals surface area contributed by atoms with Crippen LogP contribution in [0.5, 0.6) is 0 Å². The number of carboxylic acid groups (broad SMARTS) is 1. The van der Waals surface area contributed by atoms with Gasteiger partial charge in [-0.15, -0.1) is 0 Å². The van der Waals surface area contributed by atoms with E-state index < -0.39 is 17.7 Å². The lowest BCUT2D eigenvalue weighted by atomic mass is 9.88. The Morgan fingerprint density at radius 1 is 0.971 bits per heavy atom. The van der Waals surface area contributed by atoms with Crippen LogP contribution in [0.1, 0.15) is 59.3 Å². The van der Waals surface area contributed by atoms with Crippen LogP contribution >= 0.6 is 0 Å². The highest BCUT2D eigenvalue weighted by Gasteiger charge is 2.38. The predicted octanol–water partition coefficient (Wildman–Crippen LogP) is 3.83. The van der Waals surface area contributed by atoms with Crippen LogP contribution in [-0.2, 0) is 19.0 Å². The van der Waals surface area contributed by atoms with E-state index in [2.05, 4.69) is 5.32 Å². The van der Waals surface area contributed by atoms with Gasteiger partial charge in [-0.1, -0.05) is 0 Å². The fourth-order valence-electron chi connectivity index (χ4n) is 4.55. The average Bonchev–Trinajstić information content (AvgIpc) is 2.78. The van der Waals surface area contributed by atoms with Gasteiger partial charge in [0.2, 0.25) is 0 Å². The first-order chi connectivity index (χ1) is 15.9. The molecular weight excluding hydrogens is 457 g/mol. The number of hydrogen-bond donors (Lipinski definition) is 2. The fourth-order valence-corrected chi connectivity index (χ4v) is 4.55. The highest BCUT2D eigenvalue weighted by Crippen LogP contribution is 2.29. The number of nitrogens with zero attached hydrogens (tertiary/aromatic N) is 1. The van der Waals surface area contributed by atoms with Crippen molar-refractivity contribution in [3.63, 3.8) is 0 Å². The Kier molecular flexibility index (Phi) is 10.9. The van der Waals surface area contributed by atoms with E-state index in [1.807, 2.05) is 20.8 Å². The van der Waals surface area contributed by atoms with Gasteiger partial charge in [0, 0.05) is 26.3 Å². The van der Waals surface area contributed by atoms with Crippen molar-refractivity contribution < 1.29 is 42.1 Å². The summed E-state index contributed by atoms with van der Waals surface area (Å²) in [5.74, 6) is -1.25. The van der Waals surface area contributed by atoms with Gasteiger partial charge in [0.15, 0.2) is 0 Å². The van der Waals surface area contributed by atoms with Crippen molar-refractivity contribution in [3.05, 3.63) is 0 Å². The van der Waals surface area contributed by atoms with Crippen LogP contribution < -0.4 is 5.32 Å². The molecule has 0 aliphatic carbocycles. The maximum Gasteiger partial charge on any atom is 0.490 e. The summed E-state index contributed by atoms with van der Waals surface area (Å²) in [5, 5.41) is 10.5. The number of aliphatic carboxylic acids is 1. The Hall–Kier alpha value is -1.59. The number of alkyl halides is 3. The number of carboxylic acids is 1. The van der Waals surface area contributed by atoms with Crippen LogP contribution in [0.25, 0.3) is 0 Å². The Balaban J connectivity index is 0.000000203. The summed E-state index contributed by atoms with van der Waals surface area (Å²) in [5.41, 5.74) is -0.415. The second kappa shape index (κ2) is 12.9. The summed E-state index contributed by atoms with van der Waals surface area (Å²) in [7, 11) is 0. The number of carbonyl (C=O) groups excluding carboxylic acids is 1. The summed E-state index contributed by atoms with van der Waals surface area (Å²) in [6, 6.07) is 0. The Morgan fingerprint density at radius 2 is 1.53 bits per heavy atom. The van der Waals surface area contributed by atoms with Gasteiger partial charge in [0.25, 0.3) is 0 Å². The first-order valence-electron chi connectivity index (χ1n) is 12.1. The quantitative estimate of drug-likeness (QED) is 0.526. The van der Waals surface area contributed by atoms with Crippen LogP contribution in [-0.4, -0.2) is 85.4 Å². The second-order valence-corrected chi connectivity index (χ2v) is 10.1. The van der Waals surface area contributed by atoms with E-state index >= 15 is 0 Å². The second-order valence-electron chi connectivity index (χ2n) is 10.1. The molecule has 4 atom stereocenters. The van der Waals surface area contributed by atoms with Crippen molar-refractivity contribution >= 4 is 12.1 Å². The van der Waals surface area contributed by atoms with Crippen molar-refractivity contribution in [2.24, 2.45) is 11.8 Å². The number of amides is 1. The molecule has 198 valence electrons. The fraction of sp³-hybridized carbons (Fsp3) is 0.913. The van der Waals surface area contributed by atoms with Gasteiger partial charge in [-0.2, -0.15) is 13.2 Å². The SMILES string of the molecule is C1CO[C@H]2CNCC[C@@H]2C1.CC(C)(C)OC(=O)N1CC[C@@H]2CCCO[C@H]2C1.O=C(O)C(F)(F)F. The van der Waals surface area contributed by atoms with E-state index in [0.717, 1.165) is 45.1 Å². The summed E-state index contributed by atoms with van der Waals surface area (Å²) < 4.78 is 48.5. The highest BCUT2D eigenvalue weighted by atomic mass is 19.4. The molecule has 0 bridgehead atoms. The number of halogens is 3. The van der Waals surface area contributed by atoms with Crippen LogP contribution in [0, 0.1) is 11.8 Å². The molecule has 4 saturated heterocycles. The van der Waals surface area contributed by atoms with Crippen molar-refractivity contribution in [3.8, 4) is 0 Å². The zero-order chi connectivity index (χ0) is 25.4. The molecule has 0 unspecified atom stereocenters. The lowest BCUT2D eigenvalue weighted by Crippen LogP contribution is -2.50. The van der Waals surface area contributed by atoms with E-state index in [4.69, 9.17) is 24.1 Å². The molecule has 0 radical (unpaired) electrons. The molecule has 4 rings (SSSR count). The van der Waals surface area contributed by atoms with Crippen LogP contribution in [0.15, 0.2) is 0 Å². The van der Waals surface area contributed by atoms with E-state index in [1.165, 1.54) is 32.2 Å². The largest absolute Gasteiger partial charge is 0.490 e. The van der Waals surface area contributed by atoms with Crippen LogP contribution in [0.3, 0.4) is 0 Å². The monoisotopic (exact) mass is 496 g/mol. The zero-order valence-corrected chi connectivity index (χ0v) is 20.4. The third kappa shape index (κ3) is 9.95. The normalized spacial score (nSPS) is 29.2. The number of hydrogen-bond acceptors (Lipinski definition) is 6. The van der Waals surface area contributed by atoms with E-state index in [9.17, 15) is 18.0 Å². The first kappa shape index (κ1) is 28.6. The Morgan fingerprint density at radius 3 is 2.06 bits per heavy atom. The third-order valence-electron chi connectivity index (χ3n) is 6.26. The smallest absolute Gasteiger partial charge is 0.475 e. The van der Waals surface area contributed by atoms with Crippen molar-refractivity contribution in [1.29, 1.82) is 0 Å². The van der Waals surface area contributed by atoms with Crippen molar-refractivity contribution in [2.45, 2.75) is 83.3 Å². The van der Waals surface area contributed by atoms with Gasteiger partial charge in [-0.25, -0.2) is 9.59 Å². The number of nitrogens with one attached hydrogen (secondary N) is 1. The first-order valence-corrected chi connectivity index (χ1v) is 12.1. The van der Waals surface area contributed by atoms with Crippen molar-refractivity contribution in [1.82, 2.24) is 10.2 Å². The minimum Gasteiger partial charge on any atom is -0.475 e. The maximum absolute atomic E-state index is 11.9. The number of ether oxygens (including phenoxy) is 3. The molecule has 2 N–H and O–H groups in total. The van der Waals surface area contributed by atoms with Gasteiger partial charge in [0.05, 0.1) is 18.8 Å². The number of likely N-dealkylation sites (tertiary alicyclic amines) is 1. The number of rotatable bonds is 0. The summed E-state index contributed by atoms with van der Waals surface area (Å²) >= 11 is 0. The van der Waals surface area contributed by atoms with E-state index in [0.29, 0.717) is 18.6 Å². The predicted molar refractivity (Wildman–Crippen MR) is 119 cm³/mol. The average molecular weight is 497 g/mol. The lowest BCUT2D eigenvalue weighted by Gasteiger charge is -2.41. The minimum atomic E-state index is -5.08. The molecule has 4 aliphatic heterocycles. The zero-order valence-electron chi connectivity index (χ0n) is 20.4. The van der Waals surface area contributed by atoms with Crippen molar-refractivity contribution in [2.75, 3.05) is 39.4 Å². The van der Waals surface area contributed by atoms with Gasteiger partial charge >= 0.3 is 18.2 Å². The topological polar surface area (TPSA) is 97.3 Å². The van der Waals surface area contributed by atoms with E-state index in [-0.39, 0.29) is 12.2 Å². The molecule has 0 spiro atoms. The molecule has 4 fully saturated rings. The van der Waals surface area contributed by atoms with Crippen LogP contribution in [0.4, 0.5) is 18.0 Å². The van der Waals surface area contributed by atoms with E-state index in [1.54, 1.807) is 4.90 Å². The molecule has 0 aromatic heterocycles. The molecule has 34 heavy (non-hydrogen) atoms. The summed E-state index contributed by atoms with van der Waals surface area (Å²) in [4.78, 5) is 22.6. The third-order valence-corrected chi connectivity index (χ3v) is 6.26. The van der Waals surface area contributed by atoms with Gasteiger partial charge in [0.1, 0.15) is 5.60 Å². The summed E-state index contributed by atoms with van der Waals surface area (Å²) in [6.45, 7) is 11.3. The molecule has 0 aromatic carbocycles. The maximum atomic E-state index is 11.9. The lowest BCUT2D eigenvalue weighted by molar-refractivity contribution is -0.192. The molecular formula is C23H39F3N2O6. The number of carbonyl (C=O) groups is 2. The number of piperidine rings is 2. The molecule has 0 aromatic rings. The van der Waals surface area contributed by atoms with Gasteiger partial charge in [-0.05, 0) is 77.7 Å². The highest BCUT2D eigenvalue weighted by molar-refractivity contribution is 5.73. The van der Waals surface area contributed by atoms with Gasteiger partial charge < -0.3 is 29.5 Å². The van der Waals surface area contributed by atoms with Gasteiger partial charge in [-0.3, -0.25) is 0 Å². The van der Waals surface area contributed by atoms with Crippen LogP contribution in [0.2, 0.25) is 0 Å². The molecule has 11 heteroatoms. The summed E-state index contributed by atoms with van der Waals surface area (Å²) in [6.07, 6.45) is 2.93. The molecule has 0 saturated carbocycles. The molecule has 1 amide bonds. The molecule has 4 aliphatic rings. The Labute approximate surface area is 199 Å². The Bertz CT molecular complexity index is 630. The number of fused-ring (bicyclic) bond motifs is 2. The standard InChI is InChI=1S/C13H23NO3.C8H15NO.C2HF3O2/c1-13(2,3)17-12(15)14-7-6-10-5-4-8-16-11(10)9-14;1-2-7-3-4-9-6-8(7)10-5-1;3-2(4,5)1(6)7/h10-11H,4-9H2,1-3H3;7-9H,1-6H2;(H,6,7)/t10-,11-;7-,8-;/m00./s1. The molecule has 4 heterocycles.